The Morgan fingerprint density at radius 1 is 0.914 bits per heavy atom. The summed E-state index contributed by atoms with van der Waals surface area (Å²) in [7, 11) is 3.06. The minimum atomic E-state index is -0.564. The van der Waals surface area contributed by atoms with E-state index in [0.717, 1.165) is 0 Å². The Labute approximate surface area is 202 Å². The van der Waals surface area contributed by atoms with Crippen LogP contribution in [0.5, 0.6) is 11.5 Å². The van der Waals surface area contributed by atoms with Crippen molar-refractivity contribution in [3.8, 4) is 11.5 Å². The van der Waals surface area contributed by atoms with Gasteiger partial charge in [0, 0.05) is 48.6 Å². The van der Waals surface area contributed by atoms with E-state index in [9.17, 15) is 18.0 Å². The molecule has 1 aliphatic heterocycles. The van der Waals surface area contributed by atoms with Gasteiger partial charge in [0.05, 0.1) is 14.2 Å². The molecule has 0 radical (unpaired) electrons. The Morgan fingerprint density at radius 3 is 2.14 bits per heavy atom. The Bertz CT molecular complexity index is 1160. The summed E-state index contributed by atoms with van der Waals surface area (Å²) in [6.45, 7) is 1.27. The van der Waals surface area contributed by atoms with Crippen molar-refractivity contribution >= 4 is 11.6 Å². The summed E-state index contributed by atoms with van der Waals surface area (Å²) in [5.41, 5.74) is 1.03. The average molecular weight is 485 g/mol. The molecule has 3 aromatic carbocycles. The Kier molecular flexibility index (Phi) is 7.60. The second kappa shape index (κ2) is 10.8. The molecule has 1 heterocycles. The highest BCUT2D eigenvalue weighted by Crippen LogP contribution is 2.34. The first-order valence-electron chi connectivity index (χ1n) is 11.4. The number of carbonyl (C=O) groups excluding carboxylic acids is 1. The maximum Gasteiger partial charge on any atom is 0.258 e. The monoisotopic (exact) mass is 484 g/mol. The molecule has 0 aromatic heterocycles. The van der Waals surface area contributed by atoms with Crippen molar-refractivity contribution in [3.63, 3.8) is 0 Å². The SMILES string of the molecule is COc1ccc(N(C(=O)c2ccc(F)cc2)C2CCN(Cc3c(F)cccc3F)CC2)cc1OC. The van der Waals surface area contributed by atoms with Crippen molar-refractivity contribution in [3.05, 3.63) is 89.2 Å². The summed E-state index contributed by atoms with van der Waals surface area (Å²) in [5.74, 6) is -0.804. The summed E-state index contributed by atoms with van der Waals surface area (Å²) in [5, 5.41) is 0. The fourth-order valence-corrected chi connectivity index (χ4v) is 4.44. The first-order chi connectivity index (χ1) is 16.9. The van der Waals surface area contributed by atoms with Crippen molar-refractivity contribution in [2.75, 3.05) is 32.2 Å². The standard InChI is InChI=1S/C27H27F3N2O3/c1-34-25-11-10-21(16-26(25)35-2)32(27(33)18-6-8-19(28)9-7-18)20-12-14-31(15-13-20)17-22-23(29)4-3-5-24(22)30/h3-11,16,20H,12-15,17H2,1-2H3. The Morgan fingerprint density at radius 2 is 1.54 bits per heavy atom. The number of anilines is 1. The van der Waals surface area contributed by atoms with Gasteiger partial charge in [-0.25, -0.2) is 13.2 Å². The molecular formula is C27H27F3N2O3. The number of ether oxygens (including phenoxy) is 2. The van der Waals surface area contributed by atoms with Gasteiger partial charge in [0.15, 0.2) is 11.5 Å². The number of amides is 1. The summed E-state index contributed by atoms with van der Waals surface area (Å²) >= 11 is 0. The number of piperidine rings is 1. The Balaban J connectivity index is 1.58. The highest BCUT2D eigenvalue weighted by atomic mass is 19.1. The van der Waals surface area contributed by atoms with Crippen LogP contribution < -0.4 is 14.4 Å². The normalized spacial score (nSPS) is 14.5. The molecule has 1 amide bonds. The van der Waals surface area contributed by atoms with Crippen LogP contribution in [0.25, 0.3) is 0 Å². The third kappa shape index (κ3) is 5.43. The molecule has 8 heteroatoms. The number of benzene rings is 3. The van der Waals surface area contributed by atoms with E-state index in [1.165, 1.54) is 56.7 Å². The lowest BCUT2D eigenvalue weighted by Gasteiger charge is -2.39. The summed E-state index contributed by atoms with van der Waals surface area (Å²) in [6, 6.07) is 14.4. The van der Waals surface area contributed by atoms with Crippen LogP contribution in [0.4, 0.5) is 18.9 Å². The molecule has 0 unspecified atom stereocenters. The van der Waals surface area contributed by atoms with E-state index >= 15 is 0 Å². The third-order valence-electron chi connectivity index (χ3n) is 6.32. The quantitative estimate of drug-likeness (QED) is 0.448. The summed E-state index contributed by atoms with van der Waals surface area (Å²) in [6.07, 6.45) is 1.19. The zero-order chi connectivity index (χ0) is 24.9. The van der Waals surface area contributed by atoms with Crippen molar-refractivity contribution in [2.45, 2.75) is 25.4 Å². The van der Waals surface area contributed by atoms with Crippen LogP contribution in [-0.2, 0) is 6.54 Å². The molecule has 0 N–H and O–H groups in total. The molecule has 0 atom stereocenters. The maximum atomic E-state index is 14.1. The van der Waals surface area contributed by atoms with Crippen molar-refractivity contribution in [1.29, 1.82) is 0 Å². The lowest BCUT2D eigenvalue weighted by atomic mass is 10.00. The lowest BCUT2D eigenvalue weighted by Crippen LogP contribution is -2.47. The van der Waals surface area contributed by atoms with E-state index < -0.39 is 17.5 Å². The maximum absolute atomic E-state index is 14.1. The number of hydrogen-bond acceptors (Lipinski definition) is 4. The molecule has 5 nitrogen and oxygen atoms in total. The average Bonchev–Trinajstić information content (AvgIpc) is 2.87. The number of likely N-dealkylation sites (tertiary alicyclic amines) is 1. The van der Waals surface area contributed by atoms with E-state index in [-0.39, 0.29) is 24.1 Å². The van der Waals surface area contributed by atoms with Gasteiger partial charge in [-0.15, -0.1) is 0 Å². The fourth-order valence-electron chi connectivity index (χ4n) is 4.44. The molecule has 0 aliphatic carbocycles. The topological polar surface area (TPSA) is 42.0 Å². The van der Waals surface area contributed by atoms with Crippen LogP contribution >= 0.6 is 0 Å². The molecule has 1 saturated heterocycles. The number of hydrogen-bond donors (Lipinski definition) is 0. The van der Waals surface area contributed by atoms with Crippen molar-refractivity contribution < 1.29 is 27.4 Å². The number of halogens is 3. The number of methoxy groups -OCH3 is 2. The molecule has 4 rings (SSSR count). The van der Waals surface area contributed by atoms with Gasteiger partial charge in [-0.3, -0.25) is 9.69 Å². The van der Waals surface area contributed by atoms with Gasteiger partial charge < -0.3 is 14.4 Å². The number of nitrogens with zero attached hydrogens (tertiary/aromatic N) is 2. The zero-order valence-corrected chi connectivity index (χ0v) is 19.6. The second-order valence-electron chi connectivity index (χ2n) is 8.43. The Hall–Kier alpha value is -3.52. The highest BCUT2D eigenvalue weighted by Gasteiger charge is 2.31. The van der Waals surface area contributed by atoms with E-state index in [1.807, 2.05) is 4.90 Å². The van der Waals surface area contributed by atoms with Crippen LogP contribution in [0.3, 0.4) is 0 Å². The van der Waals surface area contributed by atoms with Crippen LogP contribution in [0, 0.1) is 17.5 Å². The first-order valence-corrected chi connectivity index (χ1v) is 11.4. The number of rotatable bonds is 7. The van der Waals surface area contributed by atoms with Gasteiger partial charge >= 0.3 is 0 Å². The number of carbonyl (C=O) groups is 1. The van der Waals surface area contributed by atoms with E-state index in [2.05, 4.69) is 0 Å². The largest absolute Gasteiger partial charge is 0.493 e. The first kappa shape index (κ1) is 24.6. The predicted octanol–water partition coefficient (Wildman–Crippen LogP) is 5.43. The molecular weight excluding hydrogens is 457 g/mol. The van der Waals surface area contributed by atoms with Gasteiger partial charge in [-0.2, -0.15) is 0 Å². The molecule has 1 aliphatic rings. The van der Waals surface area contributed by atoms with E-state index in [4.69, 9.17) is 9.47 Å². The van der Waals surface area contributed by atoms with Crippen molar-refractivity contribution in [2.24, 2.45) is 0 Å². The molecule has 0 bridgehead atoms. The predicted molar refractivity (Wildman–Crippen MR) is 127 cm³/mol. The minimum Gasteiger partial charge on any atom is -0.493 e. The van der Waals surface area contributed by atoms with Crippen molar-refractivity contribution in [1.82, 2.24) is 4.90 Å². The molecule has 35 heavy (non-hydrogen) atoms. The van der Waals surface area contributed by atoms with E-state index in [0.29, 0.717) is 48.7 Å². The van der Waals surface area contributed by atoms with Crippen LogP contribution in [0.15, 0.2) is 60.7 Å². The fraction of sp³-hybridized carbons (Fsp3) is 0.296. The van der Waals surface area contributed by atoms with Gasteiger partial charge in [0.1, 0.15) is 17.5 Å². The lowest BCUT2D eigenvalue weighted by molar-refractivity contribution is 0.0958. The summed E-state index contributed by atoms with van der Waals surface area (Å²) in [4.78, 5) is 17.3. The van der Waals surface area contributed by atoms with Gasteiger partial charge in [-0.05, 0) is 61.4 Å². The minimum absolute atomic E-state index is 0.0464. The smallest absolute Gasteiger partial charge is 0.258 e. The molecule has 0 spiro atoms. The van der Waals surface area contributed by atoms with Gasteiger partial charge in [-0.1, -0.05) is 6.07 Å². The third-order valence-corrected chi connectivity index (χ3v) is 6.32. The van der Waals surface area contributed by atoms with Crippen LogP contribution in [0.1, 0.15) is 28.8 Å². The second-order valence-corrected chi connectivity index (χ2v) is 8.43. The van der Waals surface area contributed by atoms with Gasteiger partial charge in [0.25, 0.3) is 5.91 Å². The summed E-state index contributed by atoms with van der Waals surface area (Å²) < 4.78 is 52.5. The zero-order valence-electron chi connectivity index (χ0n) is 19.6. The highest BCUT2D eigenvalue weighted by molar-refractivity contribution is 6.06. The molecule has 3 aromatic rings. The van der Waals surface area contributed by atoms with E-state index in [1.54, 1.807) is 23.1 Å². The van der Waals surface area contributed by atoms with Gasteiger partial charge in [0.2, 0.25) is 0 Å². The molecule has 184 valence electrons. The van der Waals surface area contributed by atoms with Crippen LogP contribution in [0.2, 0.25) is 0 Å². The molecule has 1 fully saturated rings. The van der Waals surface area contributed by atoms with Crippen LogP contribution in [-0.4, -0.2) is 44.2 Å². The molecule has 0 saturated carbocycles.